The number of nitrogens with one attached hydrogen (secondary N) is 1. The zero-order valence-electron chi connectivity index (χ0n) is 12.8. The Hall–Kier alpha value is -1.39. The van der Waals surface area contributed by atoms with E-state index in [2.05, 4.69) is 17.1 Å². The number of nitrogens with zero attached hydrogens (tertiary/aromatic N) is 1. The average molecular weight is 290 g/mol. The molecule has 116 valence electrons. The molecule has 1 fully saturated rings. The summed E-state index contributed by atoms with van der Waals surface area (Å²) in [5, 5.41) is 12.1. The van der Waals surface area contributed by atoms with Gasteiger partial charge >= 0.3 is 0 Å². The van der Waals surface area contributed by atoms with Gasteiger partial charge in [-0.05, 0) is 49.9 Å². The second-order valence-corrected chi connectivity index (χ2v) is 5.71. The first-order valence-electron chi connectivity index (χ1n) is 7.95. The van der Waals surface area contributed by atoms with E-state index in [9.17, 15) is 4.79 Å². The summed E-state index contributed by atoms with van der Waals surface area (Å²) in [6.07, 6.45) is 4.04. The van der Waals surface area contributed by atoms with Crippen LogP contribution in [-0.4, -0.2) is 41.6 Å². The van der Waals surface area contributed by atoms with Crippen LogP contribution >= 0.6 is 0 Å². The van der Waals surface area contributed by atoms with Crippen LogP contribution in [0.4, 0.5) is 0 Å². The third kappa shape index (κ3) is 4.55. The Morgan fingerprint density at radius 2 is 2.05 bits per heavy atom. The average Bonchev–Trinajstić information content (AvgIpc) is 2.96. The van der Waals surface area contributed by atoms with E-state index in [1.54, 1.807) is 0 Å². The van der Waals surface area contributed by atoms with Crippen molar-refractivity contribution in [2.45, 2.75) is 45.3 Å². The van der Waals surface area contributed by atoms with Gasteiger partial charge in [-0.2, -0.15) is 0 Å². The summed E-state index contributed by atoms with van der Waals surface area (Å²) >= 11 is 0. The van der Waals surface area contributed by atoms with Gasteiger partial charge in [0.2, 0.25) is 5.91 Å². The Morgan fingerprint density at radius 3 is 2.71 bits per heavy atom. The highest BCUT2D eigenvalue weighted by Crippen LogP contribution is 2.17. The molecule has 1 aliphatic heterocycles. The Balaban J connectivity index is 1.75. The number of likely N-dealkylation sites (tertiary alicyclic amines) is 1. The fourth-order valence-electron chi connectivity index (χ4n) is 2.94. The number of carbonyl (C=O) groups excluding carboxylic acids is 1. The van der Waals surface area contributed by atoms with Gasteiger partial charge in [-0.3, -0.25) is 9.69 Å². The number of rotatable bonds is 7. The van der Waals surface area contributed by atoms with E-state index in [1.807, 2.05) is 24.3 Å². The van der Waals surface area contributed by atoms with Crippen molar-refractivity contribution < 1.29 is 9.90 Å². The quantitative estimate of drug-likeness (QED) is 0.804. The van der Waals surface area contributed by atoms with E-state index in [0.717, 1.165) is 44.3 Å². The van der Waals surface area contributed by atoms with E-state index in [-0.39, 0.29) is 18.6 Å². The minimum Gasteiger partial charge on any atom is -0.392 e. The van der Waals surface area contributed by atoms with Crippen LogP contribution in [0.1, 0.15) is 37.3 Å². The zero-order valence-corrected chi connectivity index (χ0v) is 12.8. The van der Waals surface area contributed by atoms with Gasteiger partial charge in [-0.25, -0.2) is 0 Å². The van der Waals surface area contributed by atoms with Crippen molar-refractivity contribution in [1.82, 2.24) is 10.2 Å². The Labute approximate surface area is 127 Å². The molecule has 2 N–H and O–H groups in total. The van der Waals surface area contributed by atoms with Crippen molar-refractivity contribution >= 4 is 5.91 Å². The maximum absolute atomic E-state index is 12.2. The highest BCUT2D eigenvalue weighted by Gasteiger charge is 2.29. The molecular formula is C17H26N2O2. The van der Waals surface area contributed by atoms with Crippen LogP contribution in [0.15, 0.2) is 24.3 Å². The summed E-state index contributed by atoms with van der Waals surface area (Å²) in [5.74, 6) is 0.174. The Kier molecular flexibility index (Phi) is 6.21. The second-order valence-electron chi connectivity index (χ2n) is 5.71. The Bertz CT molecular complexity index is 445. The van der Waals surface area contributed by atoms with Gasteiger partial charge in [-0.15, -0.1) is 0 Å². The van der Waals surface area contributed by atoms with Gasteiger partial charge in [0.25, 0.3) is 0 Å². The molecule has 1 aliphatic rings. The minimum absolute atomic E-state index is 0.0710. The van der Waals surface area contributed by atoms with Crippen LogP contribution in [0, 0.1) is 0 Å². The molecular weight excluding hydrogens is 264 g/mol. The third-order valence-corrected chi connectivity index (χ3v) is 4.10. The fraction of sp³-hybridized carbons (Fsp3) is 0.588. The summed E-state index contributed by atoms with van der Waals surface area (Å²) in [6, 6.07) is 7.95. The van der Waals surface area contributed by atoms with Crippen molar-refractivity contribution in [3.8, 4) is 0 Å². The normalized spacial score (nSPS) is 18.9. The SMILES string of the molecule is CCCN1CCCC1C(=O)NCCc1ccc(CO)cc1. The van der Waals surface area contributed by atoms with Crippen molar-refractivity contribution in [2.24, 2.45) is 0 Å². The van der Waals surface area contributed by atoms with Crippen LogP contribution in [0.25, 0.3) is 0 Å². The van der Waals surface area contributed by atoms with Crippen LogP contribution in [0.3, 0.4) is 0 Å². The van der Waals surface area contributed by atoms with Gasteiger partial charge in [0.15, 0.2) is 0 Å². The number of carbonyl (C=O) groups is 1. The summed E-state index contributed by atoms with van der Waals surface area (Å²) in [7, 11) is 0. The van der Waals surface area contributed by atoms with E-state index < -0.39 is 0 Å². The molecule has 0 saturated carbocycles. The molecule has 0 aliphatic carbocycles. The minimum atomic E-state index is 0.0710. The van der Waals surface area contributed by atoms with Crippen LogP contribution in [0.5, 0.6) is 0 Å². The first kappa shape index (κ1) is 16.0. The van der Waals surface area contributed by atoms with Crippen molar-refractivity contribution in [1.29, 1.82) is 0 Å². The fourth-order valence-corrected chi connectivity index (χ4v) is 2.94. The van der Waals surface area contributed by atoms with E-state index in [0.29, 0.717) is 6.54 Å². The molecule has 4 heteroatoms. The molecule has 1 amide bonds. The smallest absolute Gasteiger partial charge is 0.237 e. The van der Waals surface area contributed by atoms with Gasteiger partial charge in [0.1, 0.15) is 0 Å². The number of amides is 1. The molecule has 0 aromatic heterocycles. The highest BCUT2D eigenvalue weighted by molar-refractivity contribution is 5.82. The molecule has 1 saturated heterocycles. The predicted molar refractivity (Wildman–Crippen MR) is 84.0 cm³/mol. The third-order valence-electron chi connectivity index (χ3n) is 4.10. The summed E-state index contributed by atoms with van der Waals surface area (Å²) in [6.45, 7) is 4.97. The highest BCUT2D eigenvalue weighted by atomic mass is 16.3. The maximum atomic E-state index is 12.2. The number of aliphatic hydroxyl groups excluding tert-OH is 1. The second kappa shape index (κ2) is 8.15. The van der Waals surface area contributed by atoms with Crippen molar-refractivity contribution in [2.75, 3.05) is 19.6 Å². The molecule has 21 heavy (non-hydrogen) atoms. The largest absolute Gasteiger partial charge is 0.392 e. The summed E-state index contributed by atoms with van der Waals surface area (Å²) in [5.41, 5.74) is 2.10. The van der Waals surface area contributed by atoms with Crippen LogP contribution in [0.2, 0.25) is 0 Å². The van der Waals surface area contributed by atoms with Crippen molar-refractivity contribution in [3.05, 3.63) is 35.4 Å². The van der Waals surface area contributed by atoms with Crippen LogP contribution in [-0.2, 0) is 17.8 Å². The molecule has 0 radical (unpaired) electrons. The van der Waals surface area contributed by atoms with E-state index in [4.69, 9.17) is 5.11 Å². The molecule has 4 nitrogen and oxygen atoms in total. The lowest BCUT2D eigenvalue weighted by Crippen LogP contribution is -2.44. The van der Waals surface area contributed by atoms with Gasteiger partial charge in [-0.1, -0.05) is 31.2 Å². The molecule has 2 rings (SSSR count). The molecule has 0 bridgehead atoms. The monoisotopic (exact) mass is 290 g/mol. The Morgan fingerprint density at radius 1 is 1.33 bits per heavy atom. The topological polar surface area (TPSA) is 52.6 Å². The maximum Gasteiger partial charge on any atom is 0.237 e. The van der Waals surface area contributed by atoms with Gasteiger partial charge in [0.05, 0.1) is 12.6 Å². The van der Waals surface area contributed by atoms with Gasteiger partial charge in [0, 0.05) is 6.54 Å². The predicted octanol–water partition coefficient (Wildman–Crippen LogP) is 1.71. The molecule has 0 spiro atoms. The number of hydrogen-bond acceptors (Lipinski definition) is 3. The molecule has 1 aromatic rings. The molecule has 1 unspecified atom stereocenters. The van der Waals surface area contributed by atoms with E-state index >= 15 is 0 Å². The molecule has 1 atom stereocenters. The molecule has 1 heterocycles. The zero-order chi connectivity index (χ0) is 15.1. The lowest BCUT2D eigenvalue weighted by molar-refractivity contribution is -0.125. The number of hydrogen-bond donors (Lipinski definition) is 2. The molecule has 1 aromatic carbocycles. The lowest BCUT2D eigenvalue weighted by Gasteiger charge is -2.22. The van der Waals surface area contributed by atoms with Gasteiger partial charge < -0.3 is 10.4 Å². The number of aliphatic hydroxyl groups is 1. The lowest BCUT2D eigenvalue weighted by atomic mass is 10.1. The first-order chi connectivity index (χ1) is 10.2. The number of benzene rings is 1. The first-order valence-corrected chi connectivity index (χ1v) is 7.95. The van der Waals surface area contributed by atoms with E-state index in [1.165, 1.54) is 5.56 Å². The van der Waals surface area contributed by atoms with Crippen molar-refractivity contribution in [3.63, 3.8) is 0 Å². The van der Waals surface area contributed by atoms with Crippen LogP contribution < -0.4 is 5.32 Å². The summed E-state index contributed by atoms with van der Waals surface area (Å²) < 4.78 is 0. The standard InChI is InChI=1S/C17H26N2O2/c1-2-11-19-12-3-4-16(19)17(21)18-10-9-14-5-7-15(13-20)8-6-14/h5-8,16,20H,2-4,9-13H2,1H3,(H,18,21). The summed E-state index contributed by atoms with van der Waals surface area (Å²) in [4.78, 5) is 14.5.